The summed E-state index contributed by atoms with van der Waals surface area (Å²) in [6, 6.07) is 0. The number of aliphatic hydroxyl groups excluding tert-OH is 1. The first-order valence-corrected chi connectivity index (χ1v) is 17.0. The van der Waals surface area contributed by atoms with Gasteiger partial charge in [-0.05, 0) is 0 Å². The van der Waals surface area contributed by atoms with Crippen LogP contribution in [0.25, 0.3) is 0 Å². The number of alkyl halides is 3. The number of carboxylic acids is 1. The predicted octanol–water partition coefficient (Wildman–Crippen LogP) is 6.70. The Bertz CT molecular complexity index is 821. The number of aliphatic hydroxyl groups is 1. The van der Waals surface area contributed by atoms with Gasteiger partial charge in [-0.2, -0.15) is 0 Å². The monoisotopic (exact) mass is 556 g/mol. The van der Waals surface area contributed by atoms with Gasteiger partial charge in [0.1, 0.15) is 0 Å². The molecule has 2 saturated heterocycles. The molecule has 0 aromatic rings. The zero-order chi connectivity index (χ0) is 23.3. The van der Waals surface area contributed by atoms with Crippen molar-refractivity contribution in [3.8, 4) is 0 Å². The van der Waals surface area contributed by atoms with Gasteiger partial charge in [0.15, 0.2) is 0 Å². The average molecular weight is 557 g/mol. The molecule has 0 bridgehead atoms. The number of aliphatic carboxylic acids is 1. The quantitative estimate of drug-likeness (QED) is 0.226. The van der Waals surface area contributed by atoms with Crippen molar-refractivity contribution in [2.24, 2.45) is 39.9 Å². The summed E-state index contributed by atoms with van der Waals surface area (Å²) < 4.78 is 2.40. The van der Waals surface area contributed by atoms with Crippen LogP contribution in [0.4, 0.5) is 0 Å². The van der Waals surface area contributed by atoms with E-state index in [0.717, 1.165) is 31.6 Å². The fourth-order valence-corrected chi connectivity index (χ4v) is 21.7. The van der Waals surface area contributed by atoms with E-state index in [2.05, 4.69) is 41.2 Å². The fourth-order valence-electron chi connectivity index (χ4n) is 10.1. The molecular formula is C28H45IO3. The number of carbonyl (C=O) groups is 1. The normalized spacial score (nSPS) is 52.9. The van der Waals surface area contributed by atoms with Gasteiger partial charge < -0.3 is 0 Å². The van der Waals surface area contributed by atoms with E-state index < -0.39 is 31.2 Å². The van der Waals surface area contributed by atoms with Crippen molar-refractivity contribution in [3.63, 3.8) is 0 Å². The second kappa shape index (κ2) is 7.45. The van der Waals surface area contributed by atoms with Crippen LogP contribution in [-0.4, -0.2) is 34.1 Å². The van der Waals surface area contributed by atoms with Gasteiger partial charge in [0.2, 0.25) is 0 Å². The molecule has 5 rings (SSSR count). The van der Waals surface area contributed by atoms with E-state index in [9.17, 15) is 15.0 Å². The minimum atomic E-state index is -1.39. The standard InChI is InChI=1S/C28H45IO3/c1-17(2)18-9-14-28(24(31)32)15-16-29-19(23(18)28)7-8-21-26(5)12-11-22(30)25(3,4)20(26)10-13-27(21,29)6/h18-23,30H,1,7-16H2,2-6H3,(H,31,32). The summed E-state index contributed by atoms with van der Waals surface area (Å²) in [6.45, 7) is 16.4. The summed E-state index contributed by atoms with van der Waals surface area (Å²) in [6.07, 6.45) is 9.93. The van der Waals surface area contributed by atoms with E-state index in [1.54, 1.807) is 0 Å². The van der Waals surface area contributed by atoms with Gasteiger partial charge >= 0.3 is 203 Å². The van der Waals surface area contributed by atoms with Crippen LogP contribution in [0.1, 0.15) is 92.4 Å². The molecule has 3 saturated carbocycles. The van der Waals surface area contributed by atoms with Crippen LogP contribution in [0.2, 0.25) is 0 Å². The molecule has 9 unspecified atom stereocenters. The van der Waals surface area contributed by atoms with Gasteiger partial charge in [-0.15, -0.1) is 0 Å². The van der Waals surface area contributed by atoms with Crippen molar-refractivity contribution in [2.75, 3.05) is 4.43 Å². The Morgan fingerprint density at radius 3 is 2.31 bits per heavy atom. The molecule has 2 N–H and O–H groups in total. The topological polar surface area (TPSA) is 57.5 Å². The van der Waals surface area contributed by atoms with E-state index in [4.69, 9.17) is 0 Å². The molecule has 3 aliphatic carbocycles. The molecule has 5 fully saturated rings. The Kier molecular flexibility index (Phi) is 5.50. The minimum absolute atomic E-state index is 0.0102. The number of fused-ring (bicyclic) bond motifs is 7. The third-order valence-electron chi connectivity index (χ3n) is 11.7. The zero-order valence-electron chi connectivity index (χ0n) is 20.9. The fraction of sp³-hybridized carbons (Fsp3) is 0.893. The molecule has 0 radical (unpaired) electrons. The van der Waals surface area contributed by atoms with Gasteiger partial charge in [0.05, 0.1) is 0 Å². The number of rotatable bonds is 2. The summed E-state index contributed by atoms with van der Waals surface area (Å²) >= 11 is -1.39. The summed E-state index contributed by atoms with van der Waals surface area (Å²) in [5.74, 6) is 1.65. The summed E-state index contributed by atoms with van der Waals surface area (Å²) in [7, 11) is 0. The van der Waals surface area contributed by atoms with Crippen LogP contribution in [-0.2, 0) is 4.79 Å². The van der Waals surface area contributed by atoms with Gasteiger partial charge in [0, 0.05) is 0 Å². The Labute approximate surface area is 202 Å². The SMILES string of the molecule is C=C(C)C1CCC2(C(=O)O)CCI3C(CCC4C5(C)CCC(O)C(C)(C)C5CCC43C)C12. The molecule has 32 heavy (non-hydrogen) atoms. The number of hydrogen-bond donors (Lipinski definition) is 2. The van der Waals surface area contributed by atoms with Gasteiger partial charge in [-0.1, -0.05) is 0 Å². The number of allylic oxidation sites excluding steroid dienone is 1. The molecule has 3 nitrogen and oxygen atoms in total. The zero-order valence-corrected chi connectivity index (χ0v) is 23.1. The Hall–Kier alpha value is -0.100. The Morgan fingerprint density at radius 2 is 1.66 bits per heavy atom. The summed E-state index contributed by atoms with van der Waals surface area (Å²) in [4.78, 5) is 12.7. The van der Waals surface area contributed by atoms with E-state index in [0.29, 0.717) is 30.5 Å². The van der Waals surface area contributed by atoms with Crippen molar-refractivity contribution >= 4 is 25.8 Å². The Morgan fingerprint density at radius 1 is 0.938 bits per heavy atom. The van der Waals surface area contributed by atoms with E-state index in [-0.39, 0.29) is 11.5 Å². The molecule has 9 atom stereocenters. The second-order valence-corrected chi connectivity index (χ2v) is 20.6. The number of hydrogen-bond acceptors (Lipinski definition) is 2. The van der Waals surface area contributed by atoms with Crippen LogP contribution >= 0.6 is 19.8 Å². The maximum atomic E-state index is 12.7. The van der Waals surface area contributed by atoms with Crippen molar-refractivity contribution in [3.05, 3.63) is 12.2 Å². The molecule has 0 aromatic carbocycles. The molecular weight excluding hydrogens is 511 g/mol. The molecule has 5 aliphatic rings. The van der Waals surface area contributed by atoms with Crippen LogP contribution in [0.5, 0.6) is 0 Å². The van der Waals surface area contributed by atoms with E-state index in [1.165, 1.54) is 42.1 Å². The predicted molar refractivity (Wildman–Crippen MR) is 139 cm³/mol. The first-order valence-electron chi connectivity index (χ1n) is 13.1. The van der Waals surface area contributed by atoms with Crippen molar-refractivity contribution in [1.82, 2.24) is 0 Å². The number of carboxylic acid groups (broad SMARTS) is 1. The summed E-state index contributed by atoms with van der Waals surface area (Å²) in [5, 5.41) is 21.3. The molecule has 182 valence electrons. The van der Waals surface area contributed by atoms with Crippen molar-refractivity contribution in [1.29, 1.82) is 0 Å². The Balaban J connectivity index is 1.52. The van der Waals surface area contributed by atoms with E-state index in [1.807, 2.05) is 0 Å². The second-order valence-electron chi connectivity index (χ2n) is 13.2. The van der Waals surface area contributed by atoms with Crippen LogP contribution < -0.4 is 0 Å². The molecule has 2 aliphatic heterocycles. The van der Waals surface area contributed by atoms with Crippen molar-refractivity contribution in [2.45, 2.75) is 106 Å². The first kappa shape index (κ1) is 23.6. The van der Waals surface area contributed by atoms with Crippen LogP contribution in [0, 0.1) is 39.9 Å². The van der Waals surface area contributed by atoms with Crippen LogP contribution in [0.3, 0.4) is 0 Å². The van der Waals surface area contributed by atoms with Gasteiger partial charge in [-0.25, -0.2) is 0 Å². The molecule has 4 heteroatoms. The summed E-state index contributed by atoms with van der Waals surface area (Å²) in [5.41, 5.74) is 1.12. The van der Waals surface area contributed by atoms with E-state index >= 15 is 0 Å². The third kappa shape index (κ3) is 2.89. The third-order valence-corrected chi connectivity index (χ3v) is 21.2. The van der Waals surface area contributed by atoms with Gasteiger partial charge in [-0.3, -0.25) is 0 Å². The number of halogens is 1. The van der Waals surface area contributed by atoms with Crippen molar-refractivity contribution < 1.29 is 15.0 Å². The van der Waals surface area contributed by atoms with Crippen LogP contribution in [0.15, 0.2) is 12.2 Å². The van der Waals surface area contributed by atoms with Gasteiger partial charge in [0.25, 0.3) is 0 Å². The maximum absolute atomic E-state index is 12.7. The first-order chi connectivity index (χ1) is 14.9. The molecule has 2 heterocycles. The average Bonchev–Trinajstić information content (AvgIpc) is 3.12. The molecule has 0 amide bonds. The molecule has 0 spiro atoms. The molecule has 0 aromatic heterocycles.